The number of hydrogen-bond donors (Lipinski definition) is 0. The minimum Gasteiger partial charge on any atom is -0.311 e. The van der Waals surface area contributed by atoms with Gasteiger partial charge in [-0.25, -0.2) is 0 Å². The van der Waals surface area contributed by atoms with Gasteiger partial charge in [0.2, 0.25) is 0 Å². The molecule has 0 amide bonds. The van der Waals surface area contributed by atoms with E-state index in [4.69, 9.17) is 0 Å². The molecule has 278 valence electrons. The van der Waals surface area contributed by atoms with Gasteiger partial charge in [0.1, 0.15) is 0 Å². The summed E-state index contributed by atoms with van der Waals surface area (Å²) in [6.45, 7) is 9.56. The summed E-state index contributed by atoms with van der Waals surface area (Å²) in [5.41, 5.74) is 18.6. The van der Waals surface area contributed by atoms with Crippen LogP contribution in [0.15, 0.2) is 158 Å². The van der Waals surface area contributed by atoms with Gasteiger partial charge < -0.3 is 9.47 Å². The second-order valence-electron chi connectivity index (χ2n) is 18.0. The highest BCUT2D eigenvalue weighted by Gasteiger charge is 2.43. The van der Waals surface area contributed by atoms with E-state index in [0.717, 1.165) is 0 Å². The van der Waals surface area contributed by atoms with Gasteiger partial charge in [0.15, 0.2) is 0 Å². The Labute approximate surface area is 337 Å². The summed E-state index contributed by atoms with van der Waals surface area (Å²) in [6, 6.07) is 60.2. The zero-order valence-electron chi connectivity index (χ0n) is 33.6. The van der Waals surface area contributed by atoms with Crippen LogP contribution in [0.1, 0.15) is 93.5 Å². The summed E-state index contributed by atoms with van der Waals surface area (Å²) >= 11 is 0. The van der Waals surface area contributed by atoms with Crippen LogP contribution in [0.3, 0.4) is 0 Å². The van der Waals surface area contributed by atoms with Crippen molar-refractivity contribution in [2.24, 2.45) is 0 Å². The molecular weight excluding hydrogens is 687 g/mol. The van der Waals surface area contributed by atoms with Crippen LogP contribution in [-0.4, -0.2) is 11.3 Å². The normalized spacial score (nSPS) is 15.2. The largest absolute Gasteiger partial charge is 0.311 e. The molecule has 1 saturated carbocycles. The maximum Gasteiger partial charge on any atom is 0.252 e. The average molecular weight is 737 g/mol. The number of anilines is 3. The maximum atomic E-state index is 2.63. The first-order valence-corrected chi connectivity index (χ1v) is 21.2. The first kappa shape index (κ1) is 34.5. The number of aromatic nitrogens is 1. The van der Waals surface area contributed by atoms with E-state index in [-0.39, 0.29) is 17.5 Å². The zero-order valence-corrected chi connectivity index (χ0v) is 33.6. The van der Waals surface area contributed by atoms with Crippen LogP contribution in [0, 0.1) is 0 Å². The monoisotopic (exact) mass is 736 g/mol. The number of rotatable bonds is 6. The van der Waals surface area contributed by atoms with Gasteiger partial charge >= 0.3 is 0 Å². The summed E-state index contributed by atoms with van der Waals surface area (Å²) < 4.78 is 2.63. The molecule has 0 atom stereocenters. The van der Waals surface area contributed by atoms with Crippen molar-refractivity contribution >= 4 is 62.0 Å². The van der Waals surface area contributed by atoms with E-state index in [1.165, 1.54) is 121 Å². The number of hydrogen-bond acceptors (Lipinski definition) is 1. The van der Waals surface area contributed by atoms with Crippen molar-refractivity contribution in [2.45, 2.75) is 76.5 Å². The van der Waals surface area contributed by atoms with E-state index in [1.54, 1.807) is 0 Å². The minimum absolute atomic E-state index is 0.102. The molecule has 2 nitrogen and oxygen atoms in total. The Morgan fingerprint density at radius 1 is 0.491 bits per heavy atom. The molecule has 57 heavy (non-hydrogen) atoms. The third kappa shape index (κ3) is 5.17. The van der Waals surface area contributed by atoms with Crippen molar-refractivity contribution in [3.63, 3.8) is 0 Å². The lowest BCUT2D eigenvalue weighted by atomic mass is 9.33. The molecule has 7 aromatic carbocycles. The fraction of sp³-hybridized carbons (Fsp3) is 0.222. The van der Waals surface area contributed by atoms with E-state index in [0.29, 0.717) is 5.92 Å². The maximum absolute atomic E-state index is 2.63. The third-order valence-corrected chi connectivity index (χ3v) is 14.2. The molecular formula is C54H49BN2. The predicted molar refractivity (Wildman–Crippen MR) is 243 cm³/mol. The Hall–Kier alpha value is -5.80. The molecule has 0 saturated heterocycles. The molecule has 0 unspecified atom stereocenters. The minimum atomic E-state index is -0.171. The molecule has 8 aromatic rings. The Morgan fingerprint density at radius 3 is 1.81 bits per heavy atom. The Kier molecular flexibility index (Phi) is 7.78. The second-order valence-corrected chi connectivity index (χ2v) is 18.0. The smallest absolute Gasteiger partial charge is 0.252 e. The zero-order chi connectivity index (χ0) is 38.5. The summed E-state index contributed by atoms with van der Waals surface area (Å²) in [5, 5.41) is 2.68. The van der Waals surface area contributed by atoms with Crippen LogP contribution in [-0.2, 0) is 10.8 Å². The van der Waals surface area contributed by atoms with Crippen LogP contribution >= 0.6 is 0 Å². The van der Waals surface area contributed by atoms with Gasteiger partial charge in [-0.1, -0.05) is 168 Å². The van der Waals surface area contributed by atoms with Gasteiger partial charge in [0.05, 0.1) is 5.52 Å². The lowest BCUT2D eigenvalue weighted by molar-refractivity contribution is 0.443. The van der Waals surface area contributed by atoms with Gasteiger partial charge in [-0.05, 0) is 99.4 Å². The number of nitrogens with zero attached hydrogens (tertiary/aromatic N) is 2. The first-order valence-electron chi connectivity index (χ1n) is 21.2. The summed E-state index contributed by atoms with van der Waals surface area (Å²) in [4.78, 5) is 2.62. The SMILES string of the molecule is CC(C)(c1ccccc1)c1ccc(N2c3ccc(C(C)(C)c4ccccc4)cc3B3c4c2cc(C2CCCCC2)cc4-n2c4ccccc4c4cccc3c42)cc1. The molecule has 2 aliphatic heterocycles. The summed E-state index contributed by atoms with van der Waals surface area (Å²) in [7, 11) is 0. The highest BCUT2D eigenvalue weighted by Crippen LogP contribution is 2.46. The van der Waals surface area contributed by atoms with Crippen LogP contribution in [0.4, 0.5) is 17.1 Å². The number of benzene rings is 7. The highest BCUT2D eigenvalue weighted by molar-refractivity contribution is 7.00. The molecule has 0 bridgehead atoms. The Morgan fingerprint density at radius 2 is 1.09 bits per heavy atom. The molecule has 1 aliphatic carbocycles. The molecule has 0 N–H and O–H groups in total. The molecule has 1 fully saturated rings. The van der Waals surface area contributed by atoms with Gasteiger partial charge in [0, 0.05) is 49.9 Å². The third-order valence-electron chi connectivity index (χ3n) is 14.2. The van der Waals surface area contributed by atoms with E-state index < -0.39 is 0 Å². The van der Waals surface area contributed by atoms with E-state index in [1.807, 2.05) is 0 Å². The Balaban J connectivity index is 1.20. The van der Waals surface area contributed by atoms with Crippen molar-refractivity contribution < 1.29 is 0 Å². The lowest BCUT2D eigenvalue weighted by Gasteiger charge is -2.42. The van der Waals surface area contributed by atoms with E-state index in [9.17, 15) is 0 Å². The van der Waals surface area contributed by atoms with Gasteiger partial charge in [0.25, 0.3) is 6.71 Å². The molecule has 3 aliphatic rings. The second kappa shape index (κ2) is 12.9. The number of fused-ring (bicyclic) bond motifs is 7. The summed E-state index contributed by atoms with van der Waals surface area (Å²) in [6.07, 6.45) is 6.49. The lowest BCUT2D eigenvalue weighted by Crippen LogP contribution is -2.60. The van der Waals surface area contributed by atoms with Crippen molar-refractivity contribution in [1.82, 2.24) is 4.57 Å². The van der Waals surface area contributed by atoms with Crippen molar-refractivity contribution in [3.05, 3.63) is 186 Å². The molecule has 0 spiro atoms. The highest BCUT2D eigenvalue weighted by atomic mass is 15.2. The first-order chi connectivity index (χ1) is 27.8. The molecule has 3 heterocycles. The van der Waals surface area contributed by atoms with Crippen LogP contribution in [0.2, 0.25) is 0 Å². The average Bonchev–Trinajstić information content (AvgIpc) is 3.61. The Bertz CT molecular complexity index is 2820. The quantitative estimate of drug-likeness (QED) is 0.154. The van der Waals surface area contributed by atoms with E-state index in [2.05, 4.69) is 195 Å². The van der Waals surface area contributed by atoms with E-state index >= 15 is 0 Å². The van der Waals surface area contributed by atoms with Gasteiger partial charge in [-0.3, -0.25) is 0 Å². The summed E-state index contributed by atoms with van der Waals surface area (Å²) in [5.74, 6) is 0.569. The van der Waals surface area contributed by atoms with Gasteiger partial charge in [-0.15, -0.1) is 0 Å². The number of para-hydroxylation sites is 2. The molecule has 0 radical (unpaired) electrons. The fourth-order valence-electron chi connectivity index (χ4n) is 10.8. The predicted octanol–water partition coefficient (Wildman–Crippen LogP) is 12.1. The molecule has 3 heteroatoms. The van der Waals surface area contributed by atoms with Crippen molar-refractivity contribution in [2.75, 3.05) is 4.90 Å². The van der Waals surface area contributed by atoms with Gasteiger partial charge in [-0.2, -0.15) is 0 Å². The molecule has 1 aromatic heterocycles. The van der Waals surface area contributed by atoms with Crippen LogP contribution in [0.25, 0.3) is 27.5 Å². The molecule has 11 rings (SSSR count). The topological polar surface area (TPSA) is 8.17 Å². The fourth-order valence-corrected chi connectivity index (χ4v) is 10.8. The van der Waals surface area contributed by atoms with Crippen LogP contribution < -0.4 is 21.3 Å². The van der Waals surface area contributed by atoms with Crippen molar-refractivity contribution in [3.8, 4) is 5.69 Å². The standard InChI is InChI=1S/C54H49BN2/c1-53(2,38-19-10-6-11-20-38)40-27-30-42(31-28-40)56-48-32-29-41(54(3,4)39-21-12-7-13-22-39)35-46(48)55-45-25-16-24-44-43-23-14-15-26-47(43)57(52(44)45)50-34-37(33-49(56)51(50)55)36-17-8-5-9-18-36/h6-7,10-16,19-36H,5,8-9,17-18H2,1-4H3. The van der Waals surface area contributed by atoms with Crippen LogP contribution in [0.5, 0.6) is 0 Å². The van der Waals surface area contributed by atoms with Crippen molar-refractivity contribution in [1.29, 1.82) is 0 Å².